The van der Waals surface area contributed by atoms with Gasteiger partial charge in [-0.1, -0.05) is 34.8 Å². The van der Waals surface area contributed by atoms with E-state index in [1.165, 1.54) is 18.9 Å². The van der Waals surface area contributed by atoms with Gasteiger partial charge in [0.2, 0.25) is 0 Å². The van der Waals surface area contributed by atoms with Crippen molar-refractivity contribution in [2.45, 2.75) is 51.1 Å². The van der Waals surface area contributed by atoms with Crippen molar-refractivity contribution in [3.63, 3.8) is 0 Å². The topological polar surface area (TPSA) is 59.8 Å². The second kappa shape index (κ2) is 7.99. The Morgan fingerprint density at radius 2 is 2.11 bits per heavy atom. The summed E-state index contributed by atoms with van der Waals surface area (Å²) in [7, 11) is 0. The van der Waals surface area contributed by atoms with Gasteiger partial charge in [0, 0.05) is 22.1 Å². The van der Waals surface area contributed by atoms with E-state index < -0.39 is 0 Å². The third-order valence-electron chi connectivity index (χ3n) is 5.28. The molecule has 1 saturated carbocycles. The lowest BCUT2D eigenvalue weighted by Gasteiger charge is -2.15. The molecule has 3 aromatic rings. The first-order valence-electron chi connectivity index (χ1n) is 9.59. The van der Waals surface area contributed by atoms with Crippen molar-refractivity contribution >= 4 is 32.9 Å². The zero-order chi connectivity index (χ0) is 19.7. The summed E-state index contributed by atoms with van der Waals surface area (Å²) in [6, 6.07) is 6.98. The van der Waals surface area contributed by atoms with Crippen molar-refractivity contribution in [3.05, 3.63) is 58.1 Å². The van der Waals surface area contributed by atoms with Crippen molar-refractivity contribution < 1.29 is 9.18 Å². The van der Waals surface area contributed by atoms with Gasteiger partial charge in [-0.05, 0) is 49.9 Å². The van der Waals surface area contributed by atoms with Crippen LogP contribution in [0, 0.1) is 5.82 Å². The van der Waals surface area contributed by atoms with E-state index in [0.29, 0.717) is 28.1 Å². The zero-order valence-corrected chi connectivity index (χ0v) is 17.2. The molecule has 1 aromatic carbocycles. The molecule has 0 bridgehead atoms. The van der Waals surface area contributed by atoms with Gasteiger partial charge in [0.25, 0.3) is 5.91 Å². The quantitative estimate of drug-likeness (QED) is 0.613. The predicted octanol–water partition coefficient (Wildman–Crippen LogP) is 4.81. The molecule has 146 valence electrons. The first kappa shape index (κ1) is 19.1. The van der Waals surface area contributed by atoms with Crippen molar-refractivity contribution in [2.24, 2.45) is 0 Å². The van der Waals surface area contributed by atoms with Crippen molar-refractivity contribution in [2.75, 3.05) is 0 Å². The fourth-order valence-corrected chi connectivity index (χ4v) is 4.19. The van der Waals surface area contributed by atoms with Gasteiger partial charge in [0.15, 0.2) is 5.65 Å². The van der Waals surface area contributed by atoms with E-state index >= 15 is 0 Å². The average Bonchev–Trinajstić information content (AvgIpc) is 3.32. The van der Waals surface area contributed by atoms with Crippen LogP contribution in [0.5, 0.6) is 0 Å². The molecule has 2 aromatic heterocycles. The maximum Gasteiger partial charge on any atom is 0.253 e. The van der Waals surface area contributed by atoms with E-state index in [1.807, 2.05) is 17.7 Å². The molecule has 1 aliphatic rings. The minimum Gasteiger partial charge on any atom is -0.349 e. The third kappa shape index (κ3) is 3.94. The Labute approximate surface area is 171 Å². The molecular weight excluding hydrogens is 423 g/mol. The van der Waals surface area contributed by atoms with Crippen LogP contribution in [-0.4, -0.2) is 26.7 Å². The molecule has 4 rings (SSSR count). The molecular formula is C21H22BrFN4O. The molecule has 5 nitrogen and oxygen atoms in total. The van der Waals surface area contributed by atoms with Gasteiger partial charge in [-0.3, -0.25) is 4.79 Å². The Balaban J connectivity index is 1.46. The smallest absolute Gasteiger partial charge is 0.253 e. The predicted molar refractivity (Wildman–Crippen MR) is 110 cm³/mol. The summed E-state index contributed by atoms with van der Waals surface area (Å²) in [6.07, 6.45) is 8.50. The highest BCUT2D eigenvalue weighted by Gasteiger charge is 2.21. The summed E-state index contributed by atoms with van der Waals surface area (Å²) < 4.78 is 16.7. The average molecular weight is 445 g/mol. The number of hydrogen-bond donors (Lipinski definition) is 1. The van der Waals surface area contributed by atoms with E-state index in [0.717, 1.165) is 23.9 Å². The van der Waals surface area contributed by atoms with Gasteiger partial charge in [-0.15, -0.1) is 0 Å². The van der Waals surface area contributed by atoms with Crippen molar-refractivity contribution in [1.82, 2.24) is 20.1 Å². The molecule has 28 heavy (non-hydrogen) atoms. The molecule has 1 amide bonds. The molecule has 0 radical (unpaired) electrons. The molecule has 0 saturated heterocycles. The molecule has 0 aliphatic heterocycles. The number of nitrogens with one attached hydrogen (secondary N) is 1. The first-order chi connectivity index (χ1) is 13.5. The van der Waals surface area contributed by atoms with Crippen molar-refractivity contribution in [1.29, 1.82) is 0 Å². The van der Waals surface area contributed by atoms with Crippen LogP contribution in [0.1, 0.15) is 54.6 Å². The molecule has 1 N–H and O–H groups in total. The van der Waals surface area contributed by atoms with E-state index in [1.54, 1.807) is 24.5 Å². The van der Waals surface area contributed by atoms with Crippen LogP contribution in [0.3, 0.4) is 0 Å². The van der Waals surface area contributed by atoms with Gasteiger partial charge in [-0.25, -0.2) is 14.1 Å². The molecule has 7 heteroatoms. The maximum atomic E-state index is 14.0. The Morgan fingerprint density at radius 3 is 2.86 bits per heavy atom. The van der Waals surface area contributed by atoms with E-state index in [9.17, 15) is 9.18 Å². The van der Waals surface area contributed by atoms with E-state index in [4.69, 9.17) is 0 Å². The van der Waals surface area contributed by atoms with Crippen LogP contribution >= 0.6 is 15.9 Å². The van der Waals surface area contributed by atoms with Crippen LogP contribution in [-0.2, 0) is 6.42 Å². The molecule has 1 aliphatic carbocycles. The van der Waals surface area contributed by atoms with Crippen molar-refractivity contribution in [3.8, 4) is 0 Å². The SMILES string of the molecule is CC(Cc1ccc(Br)cc1F)NC(=O)c1cnc2c(cnn2C2CCCC2)c1. The number of carbonyl (C=O) groups is 1. The van der Waals surface area contributed by atoms with Gasteiger partial charge < -0.3 is 5.32 Å². The molecule has 1 fully saturated rings. The normalized spacial score (nSPS) is 15.8. The molecule has 2 heterocycles. The number of halogens is 2. The van der Waals surface area contributed by atoms with Crippen LogP contribution < -0.4 is 5.32 Å². The van der Waals surface area contributed by atoms with Gasteiger partial charge >= 0.3 is 0 Å². The van der Waals surface area contributed by atoms with E-state index in [2.05, 4.69) is 31.3 Å². The zero-order valence-electron chi connectivity index (χ0n) is 15.7. The lowest BCUT2D eigenvalue weighted by molar-refractivity contribution is 0.0939. The maximum absolute atomic E-state index is 14.0. The Bertz CT molecular complexity index is 1010. The summed E-state index contributed by atoms with van der Waals surface area (Å²) in [4.78, 5) is 17.1. The highest BCUT2D eigenvalue weighted by atomic mass is 79.9. The number of fused-ring (bicyclic) bond motifs is 1. The number of benzene rings is 1. The monoisotopic (exact) mass is 444 g/mol. The molecule has 1 unspecified atom stereocenters. The number of hydrogen-bond acceptors (Lipinski definition) is 3. The number of pyridine rings is 1. The minimum atomic E-state index is -0.280. The summed E-state index contributed by atoms with van der Waals surface area (Å²) >= 11 is 3.25. The van der Waals surface area contributed by atoms with Crippen LogP contribution in [0.4, 0.5) is 4.39 Å². The minimum absolute atomic E-state index is 0.208. The summed E-state index contributed by atoms with van der Waals surface area (Å²) in [5.74, 6) is -0.495. The number of carbonyl (C=O) groups excluding carboxylic acids is 1. The largest absolute Gasteiger partial charge is 0.349 e. The number of rotatable bonds is 5. The highest BCUT2D eigenvalue weighted by Crippen LogP contribution is 2.31. The Morgan fingerprint density at radius 1 is 1.32 bits per heavy atom. The van der Waals surface area contributed by atoms with Crippen LogP contribution in [0.15, 0.2) is 41.1 Å². The summed E-state index contributed by atoms with van der Waals surface area (Å²) in [5.41, 5.74) is 1.89. The molecule has 1 atom stereocenters. The fraction of sp³-hybridized carbons (Fsp3) is 0.381. The Hall–Kier alpha value is -2.28. The highest BCUT2D eigenvalue weighted by molar-refractivity contribution is 9.10. The number of aromatic nitrogens is 3. The Kier molecular flexibility index (Phi) is 5.44. The second-order valence-electron chi connectivity index (χ2n) is 7.48. The second-order valence-corrected chi connectivity index (χ2v) is 8.39. The lowest BCUT2D eigenvalue weighted by Crippen LogP contribution is -2.34. The fourth-order valence-electron chi connectivity index (χ4n) is 3.86. The third-order valence-corrected chi connectivity index (χ3v) is 5.78. The lowest BCUT2D eigenvalue weighted by atomic mass is 10.1. The molecule has 0 spiro atoms. The van der Waals surface area contributed by atoms with E-state index in [-0.39, 0.29) is 17.8 Å². The van der Waals surface area contributed by atoms with Gasteiger partial charge in [0.1, 0.15) is 5.82 Å². The number of amides is 1. The summed E-state index contributed by atoms with van der Waals surface area (Å²) in [6.45, 7) is 1.86. The van der Waals surface area contributed by atoms with Crippen LogP contribution in [0.25, 0.3) is 11.0 Å². The standard InChI is InChI=1S/C21H22BrFN4O/c1-13(8-14-6-7-17(22)10-19(14)23)26-21(28)16-9-15-12-25-27(20(15)24-11-16)18-4-2-3-5-18/h6-7,9-13,18H,2-5,8H2,1H3,(H,26,28). The number of nitrogens with zero attached hydrogens (tertiary/aromatic N) is 3. The van der Waals surface area contributed by atoms with Crippen LogP contribution in [0.2, 0.25) is 0 Å². The van der Waals surface area contributed by atoms with Gasteiger partial charge in [0.05, 0.1) is 17.8 Å². The first-order valence-corrected chi connectivity index (χ1v) is 10.4. The summed E-state index contributed by atoms with van der Waals surface area (Å²) in [5, 5.41) is 8.28. The van der Waals surface area contributed by atoms with Gasteiger partial charge in [-0.2, -0.15) is 5.10 Å².